The Kier molecular flexibility index (Phi) is 4.25. The number of hydrogen-bond acceptors (Lipinski definition) is 2. The lowest BCUT2D eigenvalue weighted by atomic mass is 9.83. The van der Waals surface area contributed by atoms with E-state index in [9.17, 15) is 0 Å². The van der Waals surface area contributed by atoms with Gasteiger partial charge in [-0.05, 0) is 56.8 Å². The third-order valence-electron chi connectivity index (χ3n) is 5.22. The van der Waals surface area contributed by atoms with Crippen LogP contribution in [0.25, 0.3) is 0 Å². The number of hydrogen-bond donors (Lipinski definition) is 1. The van der Waals surface area contributed by atoms with Gasteiger partial charge in [0.1, 0.15) is 0 Å². The number of ether oxygens (including phenoxy) is 1. The first-order chi connectivity index (χ1) is 8.86. The molecule has 2 atom stereocenters. The normalized spacial score (nSPS) is 41.2. The summed E-state index contributed by atoms with van der Waals surface area (Å²) in [5.74, 6) is 1.91. The van der Waals surface area contributed by atoms with Crippen molar-refractivity contribution in [2.75, 3.05) is 6.61 Å². The molecule has 0 aromatic carbocycles. The summed E-state index contributed by atoms with van der Waals surface area (Å²) >= 11 is 0. The first-order valence-electron chi connectivity index (χ1n) is 8.24. The third-order valence-corrected chi connectivity index (χ3v) is 5.22. The maximum absolute atomic E-state index is 5.93. The van der Waals surface area contributed by atoms with Crippen LogP contribution in [0.15, 0.2) is 0 Å². The molecule has 2 saturated carbocycles. The van der Waals surface area contributed by atoms with E-state index in [1.54, 1.807) is 0 Å². The maximum Gasteiger partial charge on any atom is 0.0757 e. The van der Waals surface area contributed by atoms with E-state index in [0.29, 0.717) is 12.1 Å². The molecule has 1 aliphatic heterocycles. The average molecular weight is 251 g/mol. The van der Waals surface area contributed by atoms with Crippen LogP contribution in [0.2, 0.25) is 0 Å². The van der Waals surface area contributed by atoms with Crippen molar-refractivity contribution in [1.82, 2.24) is 5.32 Å². The van der Waals surface area contributed by atoms with Crippen LogP contribution in [0.5, 0.6) is 0 Å². The molecule has 2 heteroatoms. The minimum atomic E-state index is 0.554. The Hall–Kier alpha value is -0.0800. The van der Waals surface area contributed by atoms with Gasteiger partial charge < -0.3 is 10.1 Å². The standard InChI is InChI=1S/C16H29NO/c1-2-3-12-4-8-14(9-5-12)17-15-10-11-18-16(15)13-6-7-13/h12-17H,2-11H2,1H3. The fourth-order valence-electron chi connectivity index (χ4n) is 4.01. The van der Waals surface area contributed by atoms with Gasteiger partial charge in [0.2, 0.25) is 0 Å². The van der Waals surface area contributed by atoms with Gasteiger partial charge in [0.25, 0.3) is 0 Å². The molecule has 0 spiro atoms. The fourth-order valence-corrected chi connectivity index (χ4v) is 4.01. The molecular formula is C16H29NO. The third kappa shape index (κ3) is 3.08. The molecule has 0 bridgehead atoms. The highest BCUT2D eigenvalue weighted by Gasteiger charge is 2.41. The molecule has 3 aliphatic rings. The zero-order chi connectivity index (χ0) is 12.4. The predicted molar refractivity (Wildman–Crippen MR) is 74.7 cm³/mol. The SMILES string of the molecule is CCCC1CCC(NC2CCOC2C2CC2)CC1. The molecule has 104 valence electrons. The van der Waals surface area contributed by atoms with Gasteiger partial charge in [-0.1, -0.05) is 19.8 Å². The minimum Gasteiger partial charge on any atom is -0.376 e. The molecule has 2 aliphatic carbocycles. The molecule has 18 heavy (non-hydrogen) atoms. The second-order valence-corrected chi connectivity index (χ2v) is 6.74. The molecule has 2 nitrogen and oxygen atoms in total. The Bertz CT molecular complexity index is 256. The lowest BCUT2D eigenvalue weighted by Gasteiger charge is -2.32. The molecule has 0 amide bonds. The summed E-state index contributed by atoms with van der Waals surface area (Å²) in [5.41, 5.74) is 0. The second kappa shape index (κ2) is 5.92. The highest BCUT2D eigenvalue weighted by Crippen LogP contribution is 2.39. The Morgan fingerprint density at radius 1 is 1.00 bits per heavy atom. The Morgan fingerprint density at radius 3 is 2.44 bits per heavy atom. The van der Waals surface area contributed by atoms with Crippen molar-refractivity contribution in [2.24, 2.45) is 11.8 Å². The topological polar surface area (TPSA) is 21.3 Å². The van der Waals surface area contributed by atoms with Gasteiger partial charge >= 0.3 is 0 Å². The van der Waals surface area contributed by atoms with Crippen LogP contribution in [-0.2, 0) is 4.74 Å². The van der Waals surface area contributed by atoms with Gasteiger partial charge in [-0.15, -0.1) is 0 Å². The summed E-state index contributed by atoms with van der Waals surface area (Å²) in [6, 6.07) is 1.45. The summed E-state index contributed by atoms with van der Waals surface area (Å²) in [7, 11) is 0. The van der Waals surface area contributed by atoms with Crippen LogP contribution >= 0.6 is 0 Å². The predicted octanol–water partition coefficient (Wildman–Crippen LogP) is 3.50. The van der Waals surface area contributed by atoms with E-state index in [2.05, 4.69) is 12.2 Å². The summed E-state index contributed by atoms with van der Waals surface area (Å²) in [5, 5.41) is 3.93. The van der Waals surface area contributed by atoms with Crippen molar-refractivity contribution in [3.8, 4) is 0 Å². The zero-order valence-corrected chi connectivity index (χ0v) is 11.9. The first kappa shape index (κ1) is 12.9. The molecule has 3 rings (SSSR count). The van der Waals surface area contributed by atoms with Gasteiger partial charge in [-0.3, -0.25) is 0 Å². The van der Waals surface area contributed by atoms with E-state index in [1.165, 1.54) is 57.8 Å². The molecule has 1 heterocycles. The maximum atomic E-state index is 5.93. The van der Waals surface area contributed by atoms with E-state index in [0.717, 1.165) is 24.5 Å². The molecule has 1 saturated heterocycles. The summed E-state index contributed by atoms with van der Waals surface area (Å²) in [6.45, 7) is 3.31. The summed E-state index contributed by atoms with van der Waals surface area (Å²) in [6.07, 6.45) is 13.1. The van der Waals surface area contributed by atoms with Crippen LogP contribution in [0.1, 0.15) is 64.7 Å². The van der Waals surface area contributed by atoms with Crippen molar-refractivity contribution in [1.29, 1.82) is 0 Å². The monoisotopic (exact) mass is 251 g/mol. The Labute approximate surface area is 112 Å². The van der Waals surface area contributed by atoms with E-state index in [1.807, 2.05) is 0 Å². The van der Waals surface area contributed by atoms with Crippen molar-refractivity contribution in [3.05, 3.63) is 0 Å². The number of nitrogens with one attached hydrogen (secondary N) is 1. The van der Waals surface area contributed by atoms with Crippen LogP contribution < -0.4 is 5.32 Å². The highest BCUT2D eigenvalue weighted by molar-refractivity contribution is 4.95. The van der Waals surface area contributed by atoms with Crippen molar-refractivity contribution < 1.29 is 4.74 Å². The van der Waals surface area contributed by atoms with E-state index >= 15 is 0 Å². The van der Waals surface area contributed by atoms with Gasteiger partial charge in [0.15, 0.2) is 0 Å². The second-order valence-electron chi connectivity index (χ2n) is 6.74. The zero-order valence-electron chi connectivity index (χ0n) is 11.9. The molecule has 2 unspecified atom stereocenters. The van der Waals surface area contributed by atoms with E-state index in [4.69, 9.17) is 4.74 Å². The quantitative estimate of drug-likeness (QED) is 0.807. The molecule has 1 N–H and O–H groups in total. The summed E-state index contributed by atoms with van der Waals surface area (Å²) in [4.78, 5) is 0. The molecular weight excluding hydrogens is 222 g/mol. The minimum absolute atomic E-state index is 0.554. The van der Waals surface area contributed by atoms with Gasteiger partial charge in [-0.2, -0.15) is 0 Å². The molecule has 0 aromatic heterocycles. The van der Waals surface area contributed by atoms with E-state index < -0.39 is 0 Å². The van der Waals surface area contributed by atoms with Crippen molar-refractivity contribution >= 4 is 0 Å². The van der Waals surface area contributed by atoms with E-state index in [-0.39, 0.29) is 0 Å². The smallest absolute Gasteiger partial charge is 0.0757 e. The van der Waals surface area contributed by atoms with Crippen LogP contribution in [0.4, 0.5) is 0 Å². The summed E-state index contributed by atoms with van der Waals surface area (Å²) < 4.78 is 5.93. The average Bonchev–Trinajstić information content (AvgIpc) is 3.13. The highest BCUT2D eigenvalue weighted by atomic mass is 16.5. The molecule has 3 fully saturated rings. The lowest BCUT2D eigenvalue weighted by molar-refractivity contribution is 0.0768. The Morgan fingerprint density at radius 2 is 1.78 bits per heavy atom. The van der Waals surface area contributed by atoms with Gasteiger partial charge in [0, 0.05) is 18.7 Å². The van der Waals surface area contributed by atoms with Gasteiger partial charge in [0.05, 0.1) is 6.10 Å². The Balaban J connectivity index is 1.43. The van der Waals surface area contributed by atoms with Crippen LogP contribution in [0, 0.1) is 11.8 Å². The molecule has 0 radical (unpaired) electrons. The fraction of sp³-hybridized carbons (Fsp3) is 1.00. The molecule has 0 aromatic rings. The largest absolute Gasteiger partial charge is 0.376 e. The lowest BCUT2D eigenvalue weighted by Crippen LogP contribution is -2.45. The van der Waals surface area contributed by atoms with Crippen molar-refractivity contribution in [3.63, 3.8) is 0 Å². The number of rotatable bonds is 5. The van der Waals surface area contributed by atoms with Crippen LogP contribution in [-0.4, -0.2) is 24.8 Å². The van der Waals surface area contributed by atoms with Gasteiger partial charge in [-0.25, -0.2) is 0 Å². The van der Waals surface area contributed by atoms with Crippen LogP contribution in [0.3, 0.4) is 0 Å². The van der Waals surface area contributed by atoms with Crippen molar-refractivity contribution in [2.45, 2.75) is 82.9 Å². The first-order valence-corrected chi connectivity index (χ1v) is 8.24.